The van der Waals surface area contributed by atoms with Gasteiger partial charge in [0.25, 0.3) is 10.0 Å². The molecule has 0 spiro atoms. The summed E-state index contributed by atoms with van der Waals surface area (Å²) in [6.07, 6.45) is 12.0. The normalized spacial score (nSPS) is 12.2. The van der Waals surface area contributed by atoms with E-state index in [0.717, 1.165) is 37.5 Å². The summed E-state index contributed by atoms with van der Waals surface area (Å²) in [5.41, 5.74) is 5.19. The van der Waals surface area contributed by atoms with Crippen LogP contribution in [0.5, 0.6) is 0 Å². The molecule has 1 aromatic carbocycles. The molecule has 1 N–H and O–H groups in total. The highest BCUT2D eigenvalue weighted by Crippen LogP contribution is 2.26. The molecule has 35 heavy (non-hydrogen) atoms. The minimum Gasteiger partial charge on any atom is -0.378 e. The number of rotatable bonds is 6. The number of pyridine rings is 1. The predicted molar refractivity (Wildman–Crippen MR) is 142 cm³/mol. The Bertz CT molecular complexity index is 1580. The highest BCUT2D eigenvalue weighted by molar-refractivity contribution is 7.93. The molecule has 0 bridgehead atoms. The van der Waals surface area contributed by atoms with Gasteiger partial charge in [0.05, 0.1) is 28.4 Å². The third kappa shape index (κ3) is 5.05. The first-order valence-electron chi connectivity index (χ1n) is 11.2. The standard InChI is InChI=1S/C27H27N5O2S/c1-5-7-25(8-6-2)35(33,34)32-19-20(16-30-32)9-10-22-17-28-27-26(22)15-23(18-29-27)21-11-13-24(14-12-21)31(3)4/h5,7-8,11-19H,6H2,1-4H3,(H,28,29)/b7-5-,25-8+. The molecule has 0 aliphatic heterocycles. The van der Waals surface area contributed by atoms with E-state index in [1.165, 1.54) is 12.4 Å². The molecule has 0 saturated carbocycles. The third-order valence-electron chi connectivity index (χ3n) is 5.43. The fourth-order valence-corrected chi connectivity index (χ4v) is 4.91. The van der Waals surface area contributed by atoms with Crippen LogP contribution in [0, 0.1) is 11.8 Å². The lowest BCUT2D eigenvalue weighted by molar-refractivity contribution is 0.587. The topological polar surface area (TPSA) is 83.9 Å². The molecule has 3 aromatic heterocycles. The number of benzene rings is 1. The molecule has 178 valence electrons. The van der Waals surface area contributed by atoms with E-state index in [4.69, 9.17) is 0 Å². The number of H-pyrrole nitrogens is 1. The van der Waals surface area contributed by atoms with Crippen LogP contribution in [0.4, 0.5) is 5.69 Å². The van der Waals surface area contributed by atoms with Crippen molar-refractivity contribution in [3.05, 3.63) is 89.4 Å². The quantitative estimate of drug-likeness (QED) is 0.309. The van der Waals surface area contributed by atoms with Gasteiger partial charge in [-0.25, -0.2) is 4.98 Å². The molecular weight excluding hydrogens is 458 g/mol. The summed E-state index contributed by atoms with van der Waals surface area (Å²) in [6, 6.07) is 10.3. The molecule has 0 aliphatic carbocycles. The SMILES string of the molecule is C/C=C\C(=C/CC)S(=O)(=O)n1cc(C#Cc2c[nH]c3ncc(-c4ccc(N(C)C)cc4)cc23)cn1. The van der Waals surface area contributed by atoms with Gasteiger partial charge in [-0.15, -0.1) is 0 Å². The van der Waals surface area contributed by atoms with Crippen LogP contribution in [0.2, 0.25) is 0 Å². The summed E-state index contributed by atoms with van der Waals surface area (Å²) >= 11 is 0. The fourth-order valence-electron chi connectivity index (χ4n) is 3.59. The minimum absolute atomic E-state index is 0.207. The van der Waals surface area contributed by atoms with Gasteiger partial charge in [-0.2, -0.15) is 17.6 Å². The molecule has 0 unspecified atom stereocenters. The summed E-state index contributed by atoms with van der Waals surface area (Å²) in [6.45, 7) is 3.67. The van der Waals surface area contributed by atoms with Gasteiger partial charge in [0.2, 0.25) is 0 Å². The Morgan fingerprint density at radius 1 is 1.14 bits per heavy atom. The van der Waals surface area contributed by atoms with Gasteiger partial charge in [0.1, 0.15) is 5.65 Å². The molecule has 4 aromatic rings. The molecule has 0 radical (unpaired) electrons. The number of aromatic nitrogens is 4. The molecule has 0 atom stereocenters. The van der Waals surface area contributed by atoms with Crippen molar-refractivity contribution in [1.29, 1.82) is 0 Å². The first-order chi connectivity index (χ1) is 16.8. The first-order valence-corrected chi connectivity index (χ1v) is 12.7. The number of aromatic amines is 1. The second kappa shape index (κ2) is 10.0. The van der Waals surface area contributed by atoms with Crippen molar-refractivity contribution in [2.45, 2.75) is 20.3 Å². The molecule has 3 heterocycles. The number of nitrogens with zero attached hydrogens (tertiary/aromatic N) is 4. The van der Waals surface area contributed by atoms with Gasteiger partial charge in [-0.1, -0.05) is 43.0 Å². The van der Waals surface area contributed by atoms with Crippen LogP contribution in [0.25, 0.3) is 22.2 Å². The van der Waals surface area contributed by atoms with E-state index in [2.05, 4.69) is 62.1 Å². The largest absolute Gasteiger partial charge is 0.378 e. The van der Waals surface area contributed by atoms with E-state index in [-0.39, 0.29) is 4.91 Å². The van der Waals surface area contributed by atoms with Crippen molar-refractivity contribution in [2.75, 3.05) is 19.0 Å². The van der Waals surface area contributed by atoms with E-state index in [0.29, 0.717) is 12.0 Å². The summed E-state index contributed by atoms with van der Waals surface area (Å²) in [5, 5.41) is 4.93. The van der Waals surface area contributed by atoms with Gasteiger partial charge in [0.15, 0.2) is 0 Å². The highest BCUT2D eigenvalue weighted by Gasteiger charge is 2.18. The summed E-state index contributed by atoms with van der Waals surface area (Å²) in [5.74, 6) is 6.15. The summed E-state index contributed by atoms with van der Waals surface area (Å²) in [7, 11) is 0.256. The molecule has 0 aliphatic rings. The zero-order valence-corrected chi connectivity index (χ0v) is 21.0. The smallest absolute Gasteiger partial charge is 0.282 e. The van der Waals surface area contributed by atoms with E-state index in [1.54, 1.807) is 31.3 Å². The molecule has 4 rings (SSSR count). The number of fused-ring (bicyclic) bond motifs is 1. The van der Waals surface area contributed by atoms with E-state index in [1.807, 2.05) is 27.2 Å². The molecular formula is C27H27N5O2S. The maximum Gasteiger partial charge on any atom is 0.282 e. The average molecular weight is 486 g/mol. The molecule has 0 amide bonds. The Hall–Kier alpha value is -4.09. The average Bonchev–Trinajstić information content (AvgIpc) is 3.50. The predicted octanol–water partition coefficient (Wildman–Crippen LogP) is 4.94. The van der Waals surface area contributed by atoms with Crippen molar-refractivity contribution in [2.24, 2.45) is 0 Å². The maximum absolute atomic E-state index is 12.9. The van der Waals surface area contributed by atoms with Crippen molar-refractivity contribution in [3.63, 3.8) is 0 Å². The van der Waals surface area contributed by atoms with Crippen molar-refractivity contribution < 1.29 is 8.42 Å². The number of anilines is 1. The third-order valence-corrected chi connectivity index (χ3v) is 7.02. The van der Waals surface area contributed by atoms with Crippen LogP contribution in [-0.4, -0.2) is 41.7 Å². The first kappa shape index (κ1) is 24.0. The molecule has 7 nitrogen and oxygen atoms in total. The molecule has 8 heteroatoms. The van der Waals surface area contributed by atoms with Crippen LogP contribution in [0.1, 0.15) is 31.4 Å². The van der Waals surface area contributed by atoms with Crippen LogP contribution in [0.15, 0.2) is 78.3 Å². The number of allylic oxidation sites excluding steroid dienone is 3. The lowest BCUT2D eigenvalue weighted by atomic mass is 10.1. The zero-order chi connectivity index (χ0) is 25.0. The van der Waals surface area contributed by atoms with Crippen molar-refractivity contribution in [3.8, 4) is 23.0 Å². The Balaban J connectivity index is 1.64. The lowest BCUT2D eigenvalue weighted by Gasteiger charge is -2.12. The Morgan fingerprint density at radius 3 is 2.60 bits per heavy atom. The maximum atomic E-state index is 12.9. The Morgan fingerprint density at radius 2 is 1.91 bits per heavy atom. The van der Waals surface area contributed by atoms with Gasteiger partial charge in [-0.3, -0.25) is 0 Å². The van der Waals surface area contributed by atoms with Gasteiger partial charge < -0.3 is 9.88 Å². The monoisotopic (exact) mass is 485 g/mol. The second-order valence-electron chi connectivity index (χ2n) is 8.14. The number of hydrogen-bond acceptors (Lipinski definition) is 5. The Labute approximate surface area is 205 Å². The number of nitrogens with one attached hydrogen (secondary N) is 1. The summed E-state index contributed by atoms with van der Waals surface area (Å²) in [4.78, 5) is 9.95. The van der Waals surface area contributed by atoms with Crippen molar-refractivity contribution in [1.82, 2.24) is 19.2 Å². The van der Waals surface area contributed by atoms with E-state index >= 15 is 0 Å². The van der Waals surface area contributed by atoms with Crippen LogP contribution >= 0.6 is 0 Å². The van der Waals surface area contributed by atoms with Crippen LogP contribution in [-0.2, 0) is 10.0 Å². The van der Waals surface area contributed by atoms with Gasteiger partial charge in [0, 0.05) is 43.1 Å². The van der Waals surface area contributed by atoms with Crippen LogP contribution < -0.4 is 4.90 Å². The highest BCUT2D eigenvalue weighted by atomic mass is 32.2. The minimum atomic E-state index is -3.76. The summed E-state index contributed by atoms with van der Waals surface area (Å²) < 4.78 is 26.7. The van der Waals surface area contributed by atoms with Gasteiger partial charge >= 0.3 is 0 Å². The van der Waals surface area contributed by atoms with Gasteiger partial charge in [-0.05, 0) is 43.2 Å². The van der Waals surface area contributed by atoms with E-state index in [9.17, 15) is 8.42 Å². The van der Waals surface area contributed by atoms with Crippen molar-refractivity contribution >= 4 is 26.7 Å². The Kier molecular flexibility index (Phi) is 6.90. The molecule has 0 saturated heterocycles. The fraction of sp³-hybridized carbons (Fsp3) is 0.185. The lowest BCUT2D eigenvalue weighted by Crippen LogP contribution is -2.14. The zero-order valence-electron chi connectivity index (χ0n) is 20.1. The second-order valence-corrected chi connectivity index (χ2v) is 9.93. The number of hydrogen-bond donors (Lipinski definition) is 1. The van der Waals surface area contributed by atoms with Crippen LogP contribution in [0.3, 0.4) is 0 Å². The molecule has 0 fully saturated rings. The van der Waals surface area contributed by atoms with E-state index < -0.39 is 10.0 Å².